The van der Waals surface area contributed by atoms with Crippen molar-refractivity contribution in [1.29, 1.82) is 0 Å². The third-order valence-corrected chi connectivity index (χ3v) is 7.68. The van der Waals surface area contributed by atoms with Crippen molar-refractivity contribution in [1.82, 2.24) is 10.2 Å². The summed E-state index contributed by atoms with van der Waals surface area (Å²) in [6.45, 7) is 8.55. The number of carbonyl (C=O) groups is 2. The maximum Gasteiger partial charge on any atom is 0.242 e. The maximum absolute atomic E-state index is 13.5. The molecule has 0 spiro atoms. The number of hydrogen-bond donors (Lipinski definition) is 1. The van der Waals surface area contributed by atoms with Crippen LogP contribution >= 0.6 is 23.2 Å². The van der Waals surface area contributed by atoms with Crippen molar-refractivity contribution in [2.24, 2.45) is 5.92 Å². The Bertz CT molecular complexity index is 1170. The summed E-state index contributed by atoms with van der Waals surface area (Å²) in [7, 11) is -3.54. The molecule has 0 bridgehead atoms. The number of nitrogens with one attached hydrogen (secondary N) is 1. The molecular formula is C27H37Cl2N3O4S. The molecule has 0 heterocycles. The summed E-state index contributed by atoms with van der Waals surface area (Å²) >= 11 is 12.4. The second-order valence-corrected chi connectivity index (χ2v) is 12.3. The number of aryl methyl sites for hydroxylation is 1. The maximum atomic E-state index is 13.5. The Kier molecular flexibility index (Phi) is 11.7. The van der Waals surface area contributed by atoms with Gasteiger partial charge in [0.2, 0.25) is 21.8 Å². The van der Waals surface area contributed by atoms with Crippen molar-refractivity contribution in [3.8, 4) is 0 Å². The summed E-state index contributed by atoms with van der Waals surface area (Å²) in [4.78, 5) is 28.1. The van der Waals surface area contributed by atoms with Gasteiger partial charge in [0.15, 0.2) is 0 Å². The van der Waals surface area contributed by atoms with Crippen molar-refractivity contribution in [2.75, 3.05) is 23.7 Å². The summed E-state index contributed by atoms with van der Waals surface area (Å²) in [5, 5.41) is 3.81. The number of hydrogen-bond acceptors (Lipinski definition) is 4. The Balaban J connectivity index is 2.24. The van der Waals surface area contributed by atoms with Gasteiger partial charge in [-0.2, -0.15) is 0 Å². The third kappa shape index (κ3) is 9.51. The number of rotatable bonds is 13. The van der Waals surface area contributed by atoms with E-state index in [4.69, 9.17) is 23.2 Å². The second-order valence-electron chi connectivity index (χ2n) is 9.59. The first-order chi connectivity index (χ1) is 17.3. The molecule has 37 heavy (non-hydrogen) atoms. The van der Waals surface area contributed by atoms with Crippen LogP contribution in [0.25, 0.3) is 0 Å². The second kappa shape index (κ2) is 14.0. The van der Waals surface area contributed by atoms with E-state index in [-0.39, 0.29) is 43.7 Å². The normalized spacial score (nSPS) is 12.3. The molecule has 2 aromatic carbocycles. The molecular weight excluding hydrogens is 533 g/mol. The van der Waals surface area contributed by atoms with E-state index in [1.165, 1.54) is 9.21 Å². The zero-order valence-electron chi connectivity index (χ0n) is 22.1. The van der Waals surface area contributed by atoms with Crippen molar-refractivity contribution in [3.63, 3.8) is 0 Å². The molecule has 0 aliphatic heterocycles. The first-order valence-corrected chi connectivity index (χ1v) is 15.0. The Morgan fingerprint density at radius 3 is 2.24 bits per heavy atom. The standard InChI is InChI=1S/C27H37Cl2N3O4S/c1-6-25(27(34)30-17-19(2)3)31(18-21-11-12-22(28)16-24(21)29)26(33)8-7-15-32(37(5,35)36)23-13-9-20(4)10-14-23/h9-14,16,19,25H,6-8,15,17-18H2,1-5H3,(H,30,34)/t25-/m1/s1. The molecule has 10 heteroatoms. The van der Waals surface area contributed by atoms with Crippen LogP contribution < -0.4 is 9.62 Å². The highest BCUT2D eigenvalue weighted by atomic mass is 35.5. The number of halogens is 2. The molecule has 0 aromatic heterocycles. The fraction of sp³-hybridized carbons (Fsp3) is 0.481. The molecule has 2 aromatic rings. The van der Waals surface area contributed by atoms with E-state index in [0.29, 0.717) is 34.3 Å². The summed E-state index contributed by atoms with van der Waals surface area (Å²) in [5.74, 6) is -0.220. The average molecular weight is 571 g/mol. The smallest absolute Gasteiger partial charge is 0.242 e. The lowest BCUT2D eigenvalue weighted by molar-refractivity contribution is -0.141. The van der Waals surface area contributed by atoms with Crippen LogP contribution in [0.15, 0.2) is 42.5 Å². The molecule has 0 saturated heterocycles. The summed E-state index contributed by atoms with van der Waals surface area (Å²) in [5.41, 5.74) is 2.24. The van der Waals surface area contributed by atoms with E-state index in [0.717, 1.165) is 11.8 Å². The van der Waals surface area contributed by atoms with E-state index in [1.807, 2.05) is 39.8 Å². The van der Waals surface area contributed by atoms with Crippen LogP contribution in [0.4, 0.5) is 5.69 Å². The lowest BCUT2D eigenvalue weighted by atomic mass is 10.1. The molecule has 0 fully saturated rings. The molecule has 2 rings (SSSR count). The SMILES string of the molecule is CC[C@H](C(=O)NCC(C)C)N(Cc1ccc(Cl)cc1Cl)C(=O)CCCN(c1ccc(C)cc1)S(C)(=O)=O. The van der Waals surface area contributed by atoms with Gasteiger partial charge in [-0.1, -0.05) is 67.7 Å². The van der Waals surface area contributed by atoms with E-state index >= 15 is 0 Å². The Morgan fingerprint density at radius 2 is 1.70 bits per heavy atom. The van der Waals surface area contributed by atoms with Gasteiger partial charge in [0.05, 0.1) is 11.9 Å². The minimum absolute atomic E-state index is 0.0665. The monoisotopic (exact) mass is 569 g/mol. The van der Waals surface area contributed by atoms with Crippen LogP contribution in [-0.4, -0.2) is 50.5 Å². The van der Waals surface area contributed by atoms with Gasteiger partial charge in [-0.05, 0) is 55.5 Å². The zero-order chi connectivity index (χ0) is 27.8. The number of anilines is 1. The third-order valence-electron chi connectivity index (χ3n) is 5.90. The van der Waals surface area contributed by atoms with Gasteiger partial charge in [0, 0.05) is 36.1 Å². The minimum Gasteiger partial charge on any atom is -0.354 e. The lowest BCUT2D eigenvalue weighted by Gasteiger charge is -2.31. The molecule has 1 atom stereocenters. The topological polar surface area (TPSA) is 86.8 Å². The van der Waals surface area contributed by atoms with Crippen molar-refractivity contribution in [3.05, 3.63) is 63.6 Å². The van der Waals surface area contributed by atoms with Crippen LogP contribution in [0.1, 0.15) is 51.2 Å². The minimum atomic E-state index is -3.54. The number of sulfonamides is 1. The summed E-state index contributed by atoms with van der Waals surface area (Å²) in [6.07, 6.45) is 1.92. The highest BCUT2D eigenvalue weighted by Gasteiger charge is 2.29. The van der Waals surface area contributed by atoms with Gasteiger partial charge in [0.25, 0.3) is 0 Å². The van der Waals surface area contributed by atoms with Gasteiger partial charge in [-0.25, -0.2) is 8.42 Å². The molecule has 1 N–H and O–H groups in total. The molecule has 0 saturated carbocycles. The molecule has 0 unspecified atom stereocenters. The lowest BCUT2D eigenvalue weighted by Crippen LogP contribution is -2.49. The average Bonchev–Trinajstić information content (AvgIpc) is 2.81. The quantitative estimate of drug-likeness (QED) is 0.348. The Labute approximate surface area is 231 Å². The summed E-state index contributed by atoms with van der Waals surface area (Å²) < 4.78 is 26.2. The molecule has 204 valence electrons. The molecule has 0 radical (unpaired) electrons. The van der Waals surface area contributed by atoms with Gasteiger partial charge in [-0.15, -0.1) is 0 Å². The van der Waals surface area contributed by atoms with Gasteiger partial charge >= 0.3 is 0 Å². The van der Waals surface area contributed by atoms with Gasteiger partial charge in [-0.3, -0.25) is 13.9 Å². The van der Waals surface area contributed by atoms with E-state index in [9.17, 15) is 18.0 Å². The first kappa shape index (κ1) is 30.9. The summed E-state index contributed by atoms with van der Waals surface area (Å²) in [6, 6.07) is 11.5. The highest BCUT2D eigenvalue weighted by Crippen LogP contribution is 2.25. The molecule has 0 aliphatic carbocycles. The van der Waals surface area contributed by atoms with E-state index in [1.54, 1.807) is 30.3 Å². The highest BCUT2D eigenvalue weighted by molar-refractivity contribution is 7.92. The number of benzene rings is 2. The number of nitrogens with zero attached hydrogens (tertiary/aromatic N) is 2. The van der Waals surface area contributed by atoms with Crippen LogP contribution in [0.5, 0.6) is 0 Å². The fourth-order valence-corrected chi connectivity index (χ4v) is 5.32. The molecule has 2 amide bonds. The fourth-order valence-electron chi connectivity index (χ4n) is 3.89. The molecule has 7 nitrogen and oxygen atoms in total. The van der Waals surface area contributed by atoms with Crippen LogP contribution in [0, 0.1) is 12.8 Å². The van der Waals surface area contributed by atoms with E-state index in [2.05, 4.69) is 5.32 Å². The molecule has 0 aliphatic rings. The van der Waals surface area contributed by atoms with Crippen LogP contribution in [0.2, 0.25) is 10.0 Å². The van der Waals surface area contributed by atoms with Crippen molar-refractivity contribution >= 4 is 50.7 Å². The van der Waals surface area contributed by atoms with Crippen LogP contribution in [0.3, 0.4) is 0 Å². The van der Waals surface area contributed by atoms with Crippen molar-refractivity contribution < 1.29 is 18.0 Å². The predicted octanol–water partition coefficient (Wildman–Crippen LogP) is 5.43. The first-order valence-electron chi connectivity index (χ1n) is 12.4. The zero-order valence-corrected chi connectivity index (χ0v) is 24.5. The largest absolute Gasteiger partial charge is 0.354 e. The number of carbonyl (C=O) groups excluding carboxylic acids is 2. The van der Waals surface area contributed by atoms with Crippen molar-refractivity contribution in [2.45, 2.75) is 59.5 Å². The van der Waals surface area contributed by atoms with E-state index < -0.39 is 16.1 Å². The van der Waals surface area contributed by atoms with Crippen LogP contribution in [-0.2, 0) is 26.2 Å². The Morgan fingerprint density at radius 1 is 1.05 bits per heavy atom. The number of amides is 2. The van der Waals surface area contributed by atoms with Gasteiger partial charge < -0.3 is 10.2 Å². The predicted molar refractivity (Wildman–Crippen MR) is 152 cm³/mol. The van der Waals surface area contributed by atoms with Gasteiger partial charge in [0.1, 0.15) is 6.04 Å². The Hall–Kier alpha value is -2.29.